The van der Waals surface area contributed by atoms with Crippen molar-refractivity contribution in [2.24, 2.45) is 0 Å². The molecular formula is C51H31N3OS. The van der Waals surface area contributed by atoms with Crippen LogP contribution < -0.4 is 0 Å². The minimum absolute atomic E-state index is 0.679. The molecule has 5 heteroatoms. The first-order valence-corrected chi connectivity index (χ1v) is 19.5. The molecule has 0 radical (unpaired) electrons. The van der Waals surface area contributed by atoms with Crippen LogP contribution in [0.15, 0.2) is 193 Å². The summed E-state index contributed by atoms with van der Waals surface area (Å²) in [6, 6.07) is 61.6. The van der Waals surface area contributed by atoms with Crippen molar-refractivity contribution < 1.29 is 4.42 Å². The van der Waals surface area contributed by atoms with Crippen molar-refractivity contribution in [3.63, 3.8) is 0 Å². The van der Waals surface area contributed by atoms with E-state index in [0.29, 0.717) is 5.82 Å². The lowest BCUT2D eigenvalue weighted by molar-refractivity contribution is 0.670. The van der Waals surface area contributed by atoms with Gasteiger partial charge in [0, 0.05) is 71.2 Å². The molecular weight excluding hydrogens is 703 g/mol. The predicted molar refractivity (Wildman–Crippen MR) is 233 cm³/mol. The van der Waals surface area contributed by atoms with E-state index in [1.165, 1.54) is 25.7 Å². The molecule has 0 fully saturated rings. The zero-order valence-electron chi connectivity index (χ0n) is 30.1. The molecule has 4 aromatic heterocycles. The minimum atomic E-state index is 0.679. The second-order valence-corrected chi connectivity index (χ2v) is 15.0. The summed E-state index contributed by atoms with van der Waals surface area (Å²) in [6.07, 6.45) is 3.70. The Balaban J connectivity index is 1.06. The van der Waals surface area contributed by atoms with E-state index < -0.39 is 0 Å². The molecule has 0 spiro atoms. The molecule has 0 unspecified atom stereocenters. The van der Waals surface area contributed by atoms with Crippen LogP contribution in [-0.2, 0) is 0 Å². The SMILES string of the molecule is c1ccc(-c2nc(-c3ccc(-c4ccc(-c5cccc6sc7ccccc7c56)c5oc6ccccc6c45)cc3)cc(-c3ccccc3-c3cccnc3)n2)cc1. The standard InChI is InChI=1S/C51H31N3OS/c1-2-12-34(13-3-1)51-53-43(30-44(54-51)38-16-5-4-15-36(38)35-14-11-29-52-31-35)33-25-23-32(24-26-33)37-27-28-40(50-49(37)41-17-6-8-20-45(41)55-50)39-19-10-22-47-48(39)42-18-7-9-21-46(42)56-47/h1-31H. The van der Waals surface area contributed by atoms with Gasteiger partial charge in [-0.15, -0.1) is 11.3 Å². The first-order valence-electron chi connectivity index (χ1n) is 18.7. The monoisotopic (exact) mass is 733 g/mol. The molecule has 0 aliphatic heterocycles. The Morgan fingerprint density at radius 3 is 1.95 bits per heavy atom. The van der Waals surface area contributed by atoms with Gasteiger partial charge in [0.1, 0.15) is 11.2 Å². The highest BCUT2D eigenvalue weighted by Gasteiger charge is 2.20. The lowest BCUT2D eigenvalue weighted by Gasteiger charge is -2.13. The highest BCUT2D eigenvalue weighted by atomic mass is 32.1. The number of hydrogen-bond acceptors (Lipinski definition) is 5. The Hall–Kier alpha value is -7.21. The summed E-state index contributed by atoms with van der Waals surface area (Å²) >= 11 is 1.84. The van der Waals surface area contributed by atoms with Gasteiger partial charge in [0.05, 0.1) is 11.4 Å². The third-order valence-electron chi connectivity index (χ3n) is 10.6. The van der Waals surface area contributed by atoms with Crippen molar-refractivity contribution in [1.82, 2.24) is 15.0 Å². The number of fused-ring (bicyclic) bond motifs is 6. The molecule has 0 bridgehead atoms. The van der Waals surface area contributed by atoms with Crippen LogP contribution in [0.1, 0.15) is 0 Å². The Morgan fingerprint density at radius 1 is 0.411 bits per heavy atom. The van der Waals surface area contributed by atoms with Gasteiger partial charge in [0.25, 0.3) is 0 Å². The van der Waals surface area contributed by atoms with Crippen LogP contribution in [0.3, 0.4) is 0 Å². The maximum Gasteiger partial charge on any atom is 0.160 e. The number of rotatable bonds is 6. The highest BCUT2D eigenvalue weighted by molar-refractivity contribution is 7.25. The van der Waals surface area contributed by atoms with Crippen LogP contribution in [0.4, 0.5) is 0 Å². The molecule has 0 amide bonds. The van der Waals surface area contributed by atoms with Crippen molar-refractivity contribution in [1.29, 1.82) is 0 Å². The Morgan fingerprint density at radius 2 is 1.09 bits per heavy atom. The van der Waals surface area contributed by atoms with Gasteiger partial charge < -0.3 is 4.42 Å². The molecule has 0 atom stereocenters. The van der Waals surface area contributed by atoms with Gasteiger partial charge in [-0.1, -0.05) is 140 Å². The molecule has 7 aromatic carbocycles. The third kappa shape index (κ3) is 5.40. The van der Waals surface area contributed by atoms with Crippen LogP contribution in [0.2, 0.25) is 0 Å². The van der Waals surface area contributed by atoms with Crippen molar-refractivity contribution >= 4 is 53.4 Å². The predicted octanol–water partition coefficient (Wildman–Crippen LogP) is 14.1. The molecule has 4 heterocycles. The molecule has 11 aromatic rings. The van der Waals surface area contributed by atoms with Crippen molar-refractivity contribution in [3.8, 4) is 67.3 Å². The van der Waals surface area contributed by atoms with E-state index in [1.807, 2.05) is 47.9 Å². The minimum Gasteiger partial charge on any atom is -0.455 e. The molecule has 11 rings (SSSR count). The average molecular weight is 734 g/mol. The van der Waals surface area contributed by atoms with Crippen LogP contribution in [0.5, 0.6) is 0 Å². The summed E-state index contributed by atoms with van der Waals surface area (Å²) in [5.41, 5.74) is 13.1. The van der Waals surface area contributed by atoms with E-state index in [2.05, 4.69) is 151 Å². The van der Waals surface area contributed by atoms with Crippen molar-refractivity contribution in [2.45, 2.75) is 0 Å². The lowest BCUT2D eigenvalue weighted by Crippen LogP contribution is -1.97. The molecule has 0 aliphatic rings. The second kappa shape index (κ2) is 13.3. The summed E-state index contributed by atoms with van der Waals surface area (Å²) in [5, 5.41) is 4.76. The van der Waals surface area contributed by atoms with Crippen LogP contribution in [0, 0.1) is 0 Å². The number of furan rings is 1. The summed E-state index contributed by atoms with van der Waals surface area (Å²) < 4.78 is 9.33. The number of hydrogen-bond donors (Lipinski definition) is 0. The number of para-hydroxylation sites is 1. The van der Waals surface area contributed by atoms with Gasteiger partial charge in [-0.2, -0.15) is 0 Å². The van der Waals surface area contributed by atoms with Gasteiger partial charge in [-0.25, -0.2) is 9.97 Å². The molecule has 0 aliphatic carbocycles. The summed E-state index contributed by atoms with van der Waals surface area (Å²) in [6.45, 7) is 0. The Kier molecular flexibility index (Phi) is 7.64. The Labute approximate surface area is 327 Å². The van der Waals surface area contributed by atoms with E-state index >= 15 is 0 Å². The topological polar surface area (TPSA) is 51.8 Å². The lowest BCUT2D eigenvalue weighted by atomic mass is 9.92. The number of aromatic nitrogens is 3. The maximum atomic E-state index is 6.77. The van der Waals surface area contributed by atoms with E-state index in [0.717, 1.165) is 77.8 Å². The number of benzene rings is 7. The van der Waals surface area contributed by atoms with Crippen LogP contribution >= 0.6 is 11.3 Å². The summed E-state index contributed by atoms with van der Waals surface area (Å²) in [4.78, 5) is 14.7. The normalized spacial score (nSPS) is 11.6. The summed E-state index contributed by atoms with van der Waals surface area (Å²) in [5.74, 6) is 0.679. The number of nitrogens with zero attached hydrogens (tertiary/aromatic N) is 3. The van der Waals surface area contributed by atoms with Gasteiger partial charge in [0.15, 0.2) is 5.82 Å². The van der Waals surface area contributed by atoms with Gasteiger partial charge >= 0.3 is 0 Å². The molecule has 0 saturated carbocycles. The van der Waals surface area contributed by atoms with Crippen molar-refractivity contribution in [3.05, 3.63) is 188 Å². The van der Waals surface area contributed by atoms with Gasteiger partial charge in [0.2, 0.25) is 0 Å². The van der Waals surface area contributed by atoms with Crippen molar-refractivity contribution in [2.75, 3.05) is 0 Å². The van der Waals surface area contributed by atoms with E-state index in [9.17, 15) is 0 Å². The van der Waals surface area contributed by atoms with Gasteiger partial charge in [-0.05, 0) is 58.7 Å². The average Bonchev–Trinajstić information content (AvgIpc) is 3.86. The summed E-state index contributed by atoms with van der Waals surface area (Å²) in [7, 11) is 0. The zero-order chi connectivity index (χ0) is 37.0. The largest absolute Gasteiger partial charge is 0.455 e. The fourth-order valence-corrected chi connectivity index (χ4v) is 9.16. The van der Waals surface area contributed by atoms with Crippen LogP contribution in [-0.4, -0.2) is 15.0 Å². The Bertz CT molecular complexity index is 3240. The fourth-order valence-electron chi connectivity index (χ4n) is 8.03. The second-order valence-electron chi connectivity index (χ2n) is 13.9. The van der Waals surface area contributed by atoms with Gasteiger partial charge in [-0.3, -0.25) is 4.98 Å². The third-order valence-corrected chi connectivity index (χ3v) is 11.8. The first-order chi connectivity index (χ1) is 27.8. The highest BCUT2D eigenvalue weighted by Crippen LogP contribution is 2.46. The number of pyridine rings is 1. The molecule has 262 valence electrons. The molecule has 56 heavy (non-hydrogen) atoms. The quantitative estimate of drug-likeness (QED) is 0.171. The molecule has 0 N–H and O–H groups in total. The maximum absolute atomic E-state index is 6.77. The van der Waals surface area contributed by atoms with Crippen LogP contribution in [0.25, 0.3) is 109 Å². The molecule has 4 nitrogen and oxygen atoms in total. The van der Waals surface area contributed by atoms with E-state index in [-0.39, 0.29) is 0 Å². The fraction of sp³-hybridized carbons (Fsp3) is 0. The zero-order valence-corrected chi connectivity index (χ0v) is 30.9. The smallest absolute Gasteiger partial charge is 0.160 e. The molecule has 0 saturated heterocycles. The number of thiophene rings is 1. The van der Waals surface area contributed by atoms with E-state index in [1.54, 1.807) is 6.20 Å². The first kappa shape index (κ1) is 32.2. The van der Waals surface area contributed by atoms with E-state index in [4.69, 9.17) is 14.4 Å².